The molecule has 0 spiro atoms. The Balaban J connectivity index is 2.18. The number of para-hydroxylation sites is 1. The molecule has 0 fully saturated rings. The third-order valence-corrected chi connectivity index (χ3v) is 3.68. The number of rotatable bonds is 3. The van der Waals surface area contributed by atoms with Crippen LogP contribution in [-0.4, -0.2) is 12.6 Å². The largest absolute Gasteiger partial charge is 0.462 e. The van der Waals surface area contributed by atoms with Gasteiger partial charge in [0.25, 0.3) is 0 Å². The van der Waals surface area contributed by atoms with E-state index in [1.54, 1.807) is 37.3 Å². The molecule has 3 rings (SSSR count). The zero-order chi connectivity index (χ0) is 16.4. The molecule has 0 radical (unpaired) electrons. The van der Waals surface area contributed by atoms with E-state index in [2.05, 4.69) is 0 Å². The minimum atomic E-state index is -0.423. The van der Waals surface area contributed by atoms with E-state index in [1.807, 2.05) is 25.1 Å². The van der Waals surface area contributed by atoms with Crippen molar-refractivity contribution in [3.63, 3.8) is 0 Å². The summed E-state index contributed by atoms with van der Waals surface area (Å²) in [6, 6.07) is 14.3. The minimum absolute atomic E-state index is 0.306. The van der Waals surface area contributed by atoms with Gasteiger partial charge in [-0.05, 0) is 49.2 Å². The van der Waals surface area contributed by atoms with E-state index in [9.17, 15) is 9.59 Å². The first-order chi connectivity index (χ1) is 11.1. The second-order valence-corrected chi connectivity index (χ2v) is 5.24. The Labute approximate surface area is 133 Å². The van der Waals surface area contributed by atoms with Crippen LogP contribution in [-0.2, 0) is 4.74 Å². The Morgan fingerprint density at radius 1 is 1.09 bits per heavy atom. The molecule has 0 aliphatic heterocycles. The van der Waals surface area contributed by atoms with Gasteiger partial charge in [0.1, 0.15) is 5.58 Å². The van der Waals surface area contributed by atoms with Crippen LogP contribution < -0.4 is 5.63 Å². The molecule has 116 valence electrons. The van der Waals surface area contributed by atoms with Crippen molar-refractivity contribution in [1.82, 2.24) is 0 Å². The highest BCUT2D eigenvalue weighted by Gasteiger charge is 2.14. The first kappa shape index (κ1) is 15.0. The second-order valence-electron chi connectivity index (χ2n) is 5.24. The van der Waals surface area contributed by atoms with Gasteiger partial charge in [0.2, 0.25) is 0 Å². The summed E-state index contributed by atoms with van der Waals surface area (Å²) in [5.41, 5.74) is 2.54. The standard InChI is InChI=1S/C19H16O4/c1-3-22-18(20)14-9-8-12(2)15(11-14)16-10-13-6-4-5-7-17(13)23-19(16)21/h4-11H,3H2,1-2H3. The number of hydrogen-bond donors (Lipinski definition) is 0. The molecule has 23 heavy (non-hydrogen) atoms. The van der Waals surface area contributed by atoms with Crippen molar-refractivity contribution in [2.75, 3.05) is 6.61 Å². The fourth-order valence-corrected chi connectivity index (χ4v) is 2.50. The van der Waals surface area contributed by atoms with Crippen LogP contribution in [0.1, 0.15) is 22.8 Å². The molecule has 4 nitrogen and oxygen atoms in total. The third kappa shape index (κ3) is 2.88. The zero-order valence-corrected chi connectivity index (χ0v) is 13.0. The lowest BCUT2D eigenvalue weighted by atomic mass is 9.98. The molecule has 0 saturated heterocycles. The summed E-state index contributed by atoms with van der Waals surface area (Å²) in [7, 11) is 0. The first-order valence-corrected chi connectivity index (χ1v) is 7.41. The maximum absolute atomic E-state index is 12.3. The van der Waals surface area contributed by atoms with Crippen LogP contribution in [0.4, 0.5) is 0 Å². The molecule has 0 unspecified atom stereocenters. The van der Waals surface area contributed by atoms with Crippen molar-refractivity contribution in [2.45, 2.75) is 13.8 Å². The average Bonchev–Trinajstić information content (AvgIpc) is 2.55. The molecule has 0 amide bonds. The van der Waals surface area contributed by atoms with Crippen LogP contribution in [0.15, 0.2) is 57.7 Å². The van der Waals surface area contributed by atoms with Gasteiger partial charge in [0, 0.05) is 5.39 Å². The van der Waals surface area contributed by atoms with Gasteiger partial charge in [-0.1, -0.05) is 24.3 Å². The fraction of sp³-hybridized carbons (Fsp3) is 0.158. The van der Waals surface area contributed by atoms with Crippen molar-refractivity contribution in [1.29, 1.82) is 0 Å². The summed E-state index contributed by atoms with van der Waals surface area (Å²) in [6.45, 7) is 3.95. The Bertz CT molecular complexity index is 937. The smallest absolute Gasteiger partial charge is 0.344 e. The molecule has 0 saturated carbocycles. The molecule has 1 aromatic heterocycles. The van der Waals surface area contributed by atoms with E-state index < -0.39 is 11.6 Å². The molecule has 0 aliphatic rings. The van der Waals surface area contributed by atoms with Gasteiger partial charge >= 0.3 is 11.6 Å². The normalized spacial score (nSPS) is 10.7. The lowest BCUT2D eigenvalue weighted by Crippen LogP contribution is -2.07. The summed E-state index contributed by atoms with van der Waals surface area (Å²) >= 11 is 0. The van der Waals surface area contributed by atoms with Gasteiger partial charge in [-0.25, -0.2) is 9.59 Å². The van der Waals surface area contributed by atoms with Gasteiger partial charge < -0.3 is 9.15 Å². The molecule has 0 N–H and O–H groups in total. The molecular formula is C19H16O4. The van der Waals surface area contributed by atoms with E-state index in [0.29, 0.717) is 28.9 Å². The van der Waals surface area contributed by atoms with E-state index in [-0.39, 0.29) is 0 Å². The Morgan fingerprint density at radius 2 is 1.87 bits per heavy atom. The number of hydrogen-bond acceptors (Lipinski definition) is 4. The van der Waals surface area contributed by atoms with Crippen molar-refractivity contribution < 1.29 is 13.9 Å². The zero-order valence-electron chi connectivity index (χ0n) is 13.0. The van der Waals surface area contributed by atoms with Gasteiger partial charge in [0.15, 0.2) is 0 Å². The summed E-state index contributed by atoms with van der Waals surface area (Å²) < 4.78 is 10.4. The van der Waals surface area contributed by atoms with Gasteiger partial charge in [-0.3, -0.25) is 0 Å². The van der Waals surface area contributed by atoms with Crippen molar-refractivity contribution >= 4 is 16.9 Å². The highest BCUT2D eigenvalue weighted by molar-refractivity contribution is 5.92. The molecule has 4 heteroatoms. The first-order valence-electron chi connectivity index (χ1n) is 7.41. The maximum atomic E-state index is 12.3. The van der Waals surface area contributed by atoms with Crippen molar-refractivity contribution in [3.8, 4) is 11.1 Å². The monoisotopic (exact) mass is 308 g/mol. The van der Waals surface area contributed by atoms with Crippen LogP contribution in [0.3, 0.4) is 0 Å². The minimum Gasteiger partial charge on any atom is -0.462 e. The topological polar surface area (TPSA) is 56.5 Å². The summed E-state index contributed by atoms with van der Waals surface area (Å²) in [5.74, 6) is -0.404. The molecule has 3 aromatic rings. The predicted molar refractivity (Wildman–Crippen MR) is 88.6 cm³/mol. The number of ether oxygens (including phenoxy) is 1. The van der Waals surface area contributed by atoms with Crippen LogP contribution in [0.5, 0.6) is 0 Å². The molecule has 1 heterocycles. The Kier molecular flexibility index (Phi) is 3.98. The van der Waals surface area contributed by atoms with Crippen LogP contribution in [0.2, 0.25) is 0 Å². The highest BCUT2D eigenvalue weighted by atomic mass is 16.5. The Hall–Kier alpha value is -2.88. The predicted octanol–water partition coefficient (Wildman–Crippen LogP) is 3.95. The number of carbonyl (C=O) groups excluding carboxylic acids is 1. The number of esters is 1. The molecule has 2 aromatic carbocycles. The van der Waals surface area contributed by atoms with Crippen LogP contribution in [0.25, 0.3) is 22.1 Å². The molecule has 0 bridgehead atoms. The lowest BCUT2D eigenvalue weighted by molar-refractivity contribution is 0.0526. The van der Waals surface area contributed by atoms with Gasteiger partial charge in [-0.15, -0.1) is 0 Å². The van der Waals surface area contributed by atoms with Gasteiger partial charge in [0.05, 0.1) is 17.7 Å². The lowest BCUT2D eigenvalue weighted by Gasteiger charge is -2.09. The van der Waals surface area contributed by atoms with E-state index in [4.69, 9.17) is 9.15 Å². The number of carbonyl (C=O) groups is 1. The quantitative estimate of drug-likeness (QED) is 0.543. The SMILES string of the molecule is CCOC(=O)c1ccc(C)c(-c2cc3ccccc3oc2=O)c1. The summed E-state index contributed by atoms with van der Waals surface area (Å²) in [5, 5.41) is 0.836. The Morgan fingerprint density at radius 3 is 2.65 bits per heavy atom. The van der Waals surface area contributed by atoms with Crippen LogP contribution >= 0.6 is 0 Å². The number of fused-ring (bicyclic) bond motifs is 1. The van der Waals surface area contributed by atoms with E-state index in [1.165, 1.54) is 0 Å². The summed E-state index contributed by atoms with van der Waals surface area (Å²) in [6.07, 6.45) is 0. The number of benzene rings is 2. The maximum Gasteiger partial charge on any atom is 0.344 e. The molecule has 0 atom stereocenters. The summed E-state index contributed by atoms with van der Waals surface area (Å²) in [4.78, 5) is 24.2. The number of aryl methyl sites for hydroxylation is 1. The molecular weight excluding hydrogens is 292 g/mol. The van der Waals surface area contributed by atoms with Crippen molar-refractivity contribution in [2.24, 2.45) is 0 Å². The van der Waals surface area contributed by atoms with E-state index in [0.717, 1.165) is 10.9 Å². The second kappa shape index (κ2) is 6.08. The average molecular weight is 308 g/mol. The molecule has 0 aliphatic carbocycles. The van der Waals surface area contributed by atoms with Crippen LogP contribution in [0, 0.1) is 6.92 Å². The van der Waals surface area contributed by atoms with Gasteiger partial charge in [-0.2, -0.15) is 0 Å². The van der Waals surface area contributed by atoms with Crippen molar-refractivity contribution in [3.05, 3.63) is 70.1 Å². The third-order valence-electron chi connectivity index (χ3n) is 3.68. The fourth-order valence-electron chi connectivity index (χ4n) is 2.50. The van der Waals surface area contributed by atoms with E-state index >= 15 is 0 Å². The highest BCUT2D eigenvalue weighted by Crippen LogP contribution is 2.25.